The van der Waals surface area contributed by atoms with Crippen molar-refractivity contribution in [2.75, 3.05) is 26.2 Å². The molecule has 25 heavy (non-hydrogen) atoms. The van der Waals surface area contributed by atoms with Gasteiger partial charge >= 0.3 is 5.97 Å². The Morgan fingerprint density at radius 3 is 2.64 bits per heavy atom. The first-order valence-electron chi connectivity index (χ1n) is 8.57. The van der Waals surface area contributed by atoms with Gasteiger partial charge in [0.1, 0.15) is 11.6 Å². The highest BCUT2D eigenvalue weighted by Crippen LogP contribution is 2.19. The van der Waals surface area contributed by atoms with Crippen LogP contribution in [0.3, 0.4) is 0 Å². The van der Waals surface area contributed by atoms with Crippen molar-refractivity contribution in [1.29, 1.82) is 0 Å². The third-order valence-corrected chi connectivity index (χ3v) is 4.49. The van der Waals surface area contributed by atoms with Crippen molar-refractivity contribution in [1.82, 2.24) is 9.80 Å². The molecule has 7 heteroatoms. The monoisotopic (exact) mass is 352 g/mol. The van der Waals surface area contributed by atoms with E-state index in [4.69, 9.17) is 9.84 Å². The maximum atomic E-state index is 13.2. The van der Waals surface area contributed by atoms with Crippen molar-refractivity contribution in [2.24, 2.45) is 0 Å². The normalized spacial score (nSPS) is 16.7. The molecule has 1 N–H and O–H groups in total. The van der Waals surface area contributed by atoms with E-state index in [1.807, 2.05) is 11.8 Å². The molecule has 6 nitrogen and oxygen atoms in total. The van der Waals surface area contributed by atoms with Gasteiger partial charge in [0, 0.05) is 25.2 Å². The zero-order chi connectivity index (χ0) is 18.4. The minimum Gasteiger partial charge on any atom is -0.481 e. The van der Waals surface area contributed by atoms with Crippen LogP contribution < -0.4 is 4.74 Å². The number of hydrogen-bond acceptors (Lipinski definition) is 4. The quantitative estimate of drug-likeness (QED) is 0.813. The molecule has 1 fully saturated rings. The summed E-state index contributed by atoms with van der Waals surface area (Å²) in [5, 5.41) is 8.97. The van der Waals surface area contributed by atoms with Crippen LogP contribution in [0.2, 0.25) is 0 Å². The standard InChI is InChI=1S/C18H25FN2O4/c1-3-20(12-17(22)23)15-7-9-21(10-8-15)18(24)13(2)25-16-6-4-5-14(19)11-16/h4-6,11,13,15H,3,7-10,12H2,1-2H3,(H,22,23)/t13-/m0/s1. The number of ether oxygens (including phenoxy) is 1. The molecule has 1 aromatic rings. The Hall–Kier alpha value is -2.15. The van der Waals surface area contributed by atoms with Crippen LogP contribution in [-0.2, 0) is 9.59 Å². The lowest BCUT2D eigenvalue weighted by Gasteiger charge is -2.38. The predicted octanol–water partition coefficient (Wildman–Crippen LogP) is 1.99. The van der Waals surface area contributed by atoms with Gasteiger partial charge in [-0.25, -0.2) is 4.39 Å². The van der Waals surface area contributed by atoms with Crippen molar-refractivity contribution in [2.45, 2.75) is 38.8 Å². The molecule has 138 valence electrons. The molecule has 0 aliphatic carbocycles. The summed E-state index contributed by atoms with van der Waals surface area (Å²) < 4.78 is 18.7. The summed E-state index contributed by atoms with van der Waals surface area (Å²) in [5.41, 5.74) is 0. The summed E-state index contributed by atoms with van der Waals surface area (Å²) in [4.78, 5) is 27.1. The SMILES string of the molecule is CCN(CC(=O)O)C1CCN(C(=O)[C@H](C)Oc2cccc(F)c2)CC1. The molecule has 1 amide bonds. The fourth-order valence-electron chi connectivity index (χ4n) is 3.18. The number of nitrogens with zero attached hydrogens (tertiary/aromatic N) is 2. The number of halogens is 1. The molecule has 0 saturated carbocycles. The number of likely N-dealkylation sites (tertiary alicyclic amines) is 1. The molecule has 1 saturated heterocycles. The highest BCUT2D eigenvalue weighted by molar-refractivity contribution is 5.81. The van der Waals surface area contributed by atoms with Gasteiger partial charge in [-0.05, 0) is 38.4 Å². The van der Waals surface area contributed by atoms with E-state index in [0.29, 0.717) is 25.4 Å². The first-order chi connectivity index (χ1) is 11.9. The van der Waals surface area contributed by atoms with Crippen molar-refractivity contribution in [3.63, 3.8) is 0 Å². The smallest absolute Gasteiger partial charge is 0.317 e. The zero-order valence-corrected chi connectivity index (χ0v) is 14.7. The van der Waals surface area contributed by atoms with E-state index in [1.165, 1.54) is 18.2 Å². The summed E-state index contributed by atoms with van der Waals surface area (Å²) in [6.07, 6.45) is 0.777. The first kappa shape index (κ1) is 19.2. The van der Waals surface area contributed by atoms with Crippen molar-refractivity contribution in [3.8, 4) is 5.75 Å². The maximum Gasteiger partial charge on any atom is 0.317 e. The van der Waals surface area contributed by atoms with Crippen LogP contribution in [0.15, 0.2) is 24.3 Å². The number of carboxylic acids is 1. The molecule has 1 aromatic carbocycles. The number of piperidine rings is 1. The van der Waals surface area contributed by atoms with Crippen LogP contribution in [0, 0.1) is 5.82 Å². The number of amides is 1. The number of aliphatic carboxylic acids is 1. The molecule has 0 radical (unpaired) electrons. The number of carbonyl (C=O) groups excluding carboxylic acids is 1. The Balaban J connectivity index is 1.86. The zero-order valence-electron chi connectivity index (χ0n) is 14.7. The van der Waals surface area contributed by atoms with Crippen LogP contribution in [0.1, 0.15) is 26.7 Å². The minimum atomic E-state index is -0.836. The van der Waals surface area contributed by atoms with E-state index < -0.39 is 17.9 Å². The summed E-state index contributed by atoms with van der Waals surface area (Å²) in [6.45, 7) is 5.42. The van der Waals surface area contributed by atoms with Crippen molar-refractivity contribution >= 4 is 11.9 Å². The topological polar surface area (TPSA) is 70.1 Å². The highest BCUT2D eigenvalue weighted by Gasteiger charge is 2.29. The highest BCUT2D eigenvalue weighted by atomic mass is 19.1. The van der Waals surface area contributed by atoms with Gasteiger partial charge in [0.15, 0.2) is 6.10 Å². The van der Waals surface area contributed by atoms with Gasteiger partial charge in [0.05, 0.1) is 6.54 Å². The van der Waals surface area contributed by atoms with E-state index in [-0.39, 0.29) is 18.5 Å². The van der Waals surface area contributed by atoms with E-state index in [0.717, 1.165) is 12.8 Å². The second-order valence-electron chi connectivity index (χ2n) is 6.23. The molecule has 1 heterocycles. The fourth-order valence-corrected chi connectivity index (χ4v) is 3.18. The second-order valence-corrected chi connectivity index (χ2v) is 6.23. The molecular weight excluding hydrogens is 327 g/mol. The molecule has 0 spiro atoms. The Morgan fingerprint density at radius 1 is 1.40 bits per heavy atom. The van der Waals surface area contributed by atoms with Gasteiger partial charge in [-0.15, -0.1) is 0 Å². The van der Waals surface area contributed by atoms with Gasteiger partial charge in [0.2, 0.25) is 0 Å². The summed E-state index contributed by atoms with van der Waals surface area (Å²) in [5.74, 6) is -1.05. The molecule has 1 aliphatic rings. The number of carboxylic acid groups (broad SMARTS) is 1. The first-order valence-corrected chi connectivity index (χ1v) is 8.57. The van der Waals surface area contributed by atoms with Crippen molar-refractivity contribution < 1.29 is 23.8 Å². The Morgan fingerprint density at radius 2 is 2.08 bits per heavy atom. The van der Waals surface area contributed by atoms with Gasteiger partial charge in [0.25, 0.3) is 5.91 Å². The molecule has 2 rings (SSSR count). The third kappa shape index (κ3) is 5.42. The van der Waals surface area contributed by atoms with Crippen LogP contribution in [0.5, 0.6) is 5.75 Å². The molecular formula is C18H25FN2O4. The number of rotatable bonds is 7. The van der Waals surface area contributed by atoms with E-state index in [2.05, 4.69) is 0 Å². The Kier molecular flexibility index (Phi) is 6.75. The van der Waals surface area contributed by atoms with E-state index >= 15 is 0 Å². The molecule has 0 unspecified atom stereocenters. The van der Waals surface area contributed by atoms with Crippen LogP contribution >= 0.6 is 0 Å². The maximum absolute atomic E-state index is 13.2. The molecule has 0 aromatic heterocycles. The van der Waals surface area contributed by atoms with Crippen LogP contribution in [-0.4, -0.2) is 65.1 Å². The average molecular weight is 352 g/mol. The van der Waals surface area contributed by atoms with Gasteiger partial charge in [-0.2, -0.15) is 0 Å². The average Bonchev–Trinajstić information content (AvgIpc) is 2.59. The number of hydrogen-bond donors (Lipinski definition) is 1. The Bertz CT molecular complexity index is 602. The number of likely N-dealkylation sites (N-methyl/N-ethyl adjacent to an activating group) is 1. The second kappa shape index (κ2) is 8.80. The van der Waals surface area contributed by atoms with Crippen LogP contribution in [0.4, 0.5) is 4.39 Å². The minimum absolute atomic E-state index is 0.0220. The third-order valence-electron chi connectivity index (χ3n) is 4.49. The summed E-state index contributed by atoms with van der Waals surface area (Å²) in [6, 6.07) is 5.89. The molecule has 1 aliphatic heterocycles. The van der Waals surface area contributed by atoms with Gasteiger partial charge in [-0.3, -0.25) is 14.5 Å². The molecule has 1 atom stereocenters. The van der Waals surface area contributed by atoms with E-state index in [9.17, 15) is 14.0 Å². The predicted molar refractivity (Wildman–Crippen MR) is 91.0 cm³/mol. The lowest BCUT2D eigenvalue weighted by molar-refractivity contribution is -0.142. The number of benzene rings is 1. The fraction of sp³-hybridized carbons (Fsp3) is 0.556. The lowest BCUT2D eigenvalue weighted by Crippen LogP contribution is -2.50. The Labute approximate surface area is 147 Å². The van der Waals surface area contributed by atoms with Crippen LogP contribution in [0.25, 0.3) is 0 Å². The van der Waals surface area contributed by atoms with Gasteiger partial charge < -0.3 is 14.7 Å². The largest absolute Gasteiger partial charge is 0.481 e. The van der Waals surface area contributed by atoms with E-state index in [1.54, 1.807) is 17.9 Å². The summed E-state index contributed by atoms with van der Waals surface area (Å²) in [7, 11) is 0. The number of carbonyl (C=O) groups is 2. The summed E-state index contributed by atoms with van der Waals surface area (Å²) >= 11 is 0. The lowest BCUT2D eigenvalue weighted by atomic mass is 10.0. The van der Waals surface area contributed by atoms with Gasteiger partial charge in [-0.1, -0.05) is 13.0 Å². The van der Waals surface area contributed by atoms with Crippen molar-refractivity contribution in [3.05, 3.63) is 30.1 Å². The molecule has 0 bridgehead atoms.